The molecule has 0 saturated heterocycles. The van der Waals surface area contributed by atoms with E-state index < -0.39 is 14.8 Å². The van der Waals surface area contributed by atoms with Crippen LogP contribution in [0.3, 0.4) is 0 Å². The number of aromatic nitrogens is 2. The number of hydrogen-bond donors (Lipinski definition) is 1. The Hall–Kier alpha value is -1.94. The van der Waals surface area contributed by atoms with Gasteiger partial charge in [0.15, 0.2) is 14.8 Å². The lowest BCUT2D eigenvalue weighted by molar-refractivity contribution is -0.383. The molecule has 2 rings (SSSR count). The van der Waals surface area contributed by atoms with Gasteiger partial charge in [0.1, 0.15) is 4.21 Å². The van der Waals surface area contributed by atoms with E-state index in [0.717, 1.165) is 23.7 Å². The number of nitro groups is 1. The molecule has 2 heterocycles. The lowest BCUT2D eigenvalue weighted by atomic mass is 10.5. The standard InChI is InChI=1S/C10H12N4O4S2/c1-3-13-6-7(5-11-13)12-10-8(14(15)16)4-9(19-10)20(2,17)18/h4-6,12H,3H2,1-2H3. The smallest absolute Gasteiger partial charge is 0.305 e. The van der Waals surface area contributed by atoms with Crippen LogP contribution < -0.4 is 5.32 Å². The molecule has 0 atom stereocenters. The van der Waals surface area contributed by atoms with Crippen LogP contribution in [-0.2, 0) is 16.4 Å². The van der Waals surface area contributed by atoms with Crippen LogP contribution >= 0.6 is 11.3 Å². The number of thiophene rings is 1. The molecule has 0 aliphatic heterocycles. The Morgan fingerprint density at radius 3 is 2.75 bits per heavy atom. The third kappa shape index (κ3) is 2.96. The van der Waals surface area contributed by atoms with E-state index in [0.29, 0.717) is 12.2 Å². The fourth-order valence-electron chi connectivity index (χ4n) is 1.50. The zero-order valence-electron chi connectivity index (χ0n) is 10.7. The summed E-state index contributed by atoms with van der Waals surface area (Å²) >= 11 is 0.829. The van der Waals surface area contributed by atoms with Crippen LogP contribution in [0.1, 0.15) is 6.92 Å². The van der Waals surface area contributed by atoms with Crippen molar-refractivity contribution in [1.29, 1.82) is 0 Å². The van der Waals surface area contributed by atoms with Gasteiger partial charge in [-0.3, -0.25) is 14.8 Å². The van der Waals surface area contributed by atoms with Crippen molar-refractivity contribution in [2.75, 3.05) is 11.6 Å². The summed E-state index contributed by atoms with van der Waals surface area (Å²) in [5.74, 6) is 0. The van der Waals surface area contributed by atoms with Crippen molar-refractivity contribution < 1.29 is 13.3 Å². The number of sulfone groups is 1. The number of hydrogen-bond acceptors (Lipinski definition) is 7. The summed E-state index contributed by atoms with van der Waals surface area (Å²) in [6.45, 7) is 2.58. The molecule has 0 saturated carbocycles. The molecule has 0 spiro atoms. The van der Waals surface area contributed by atoms with E-state index >= 15 is 0 Å². The Labute approximate surface area is 119 Å². The zero-order valence-corrected chi connectivity index (χ0v) is 12.4. The van der Waals surface area contributed by atoms with E-state index in [1.165, 1.54) is 6.20 Å². The van der Waals surface area contributed by atoms with Crippen LogP contribution in [0, 0.1) is 10.1 Å². The third-order valence-electron chi connectivity index (χ3n) is 2.47. The normalized spacial score (nSPS) is 11.5. The van der Waals surface area contributed by atoms with Crippen LogP contribution in [-0.4, -0.2) is 29.4 Å². The van der Waals surface area contributed by atoms with E-state index in [-0.39, 0.29) is 14.9 Å². The van der Waals surface area contributed by atoms with Crippen molar-refractivity contribution >= 4 is 37.5 Å². The van der Waals surface area contributed by atoms with Gasteiger partial charge >= 0.3 is 5.69 Å². The molecule has 1 N–H and O–H groups in total. The highest BCUT2D eigenvalue weighted by atomic mass is 32.2. The molecule has 8 nitrogen and oxygen atoms in total. The predicted molar refractivity (Wildman–Crippen MR) is 75.3 cm³/mol. The van der Waals surface area contributed by atoms with Gasteiger partial charge in [-0.05, 0) is 6.92 Å². The van der Waals surface area contributed by atoms with Crippen LogP contribution in [0.15, 0.2) is 22.7 Å². The topological polar surface area (TPSA) is 107 Å². The van der Waals surface area contributed by atoms with Crippen LogP contribution in [0.4, 0.5) is 16.4 Å². The first kappa shape index (κ1) is 14.5. The van der Waals surface area contributed by atoms with Crippen molar-refractivity contribution in [2.24, 2.45) is 0 Å². The maximum absolute atomic E-state index is 11.5. The van der Waals surface area contributed by atoms with E-state index in [1.807, 2.05) is 6.92 Å². The first-order valence-electron chi connectivity index (χ1n) is 5.59. The van der Waals surface area contributed by atoms with Gasteiger partial charge in [0.05, 0.1) is 16.8 Å². The Morgan fingerprint density at radius 2 is 2.25 bits per heavy atom. The molecule has 108 valence electrons. The monoisotopic (exact) mass is 316 g/mol. The second-order valence-electron chi connectivity index (χ2n) is 4.02. The maximum atomic E-state index is 11.5. The second kappa shape index (κ2) is 5.21. The summed E-state index contributed by atoms with van der Waals surface area (Å²) in [6, 6.07) is 1.06. The summed E-state index contributed by atoms with van der Waals surface area (Å²) in [5.41, 5.74) is 0.302. The minimum absolute atomic E-state index is 0.0467. The minimum Gasteiger partial charge on any atom is -0.339 e. The van der Waals surface area contributed by atoms with Crippen molar-refractivity contribution in [3.8, 4) is 0 Å². The van der Waals surface area contributed by atoms with Gasteiger partial charge in [0, 0.05) is 25.1 Å². The van der Waals surface area contributed by atoms with E-state index in [1.54, 1.807) is 10.9 Å². The molecular formula is C10H12N4O4S2. The molecule has 20 heavy (non-hydrogen) atoms. The molecule has 10 heteroatoms. The lowest BCUT2D eigenvalue weighted by Crippen LogP contribution is -1.93. The van der Waals surface area contributed by atoms with Gasteiger partial charge < -0.3 is 5.32 Å². The highest BCUT2D eigenvalue weighted by Crippen LogP contribution is 2.38. The highest BCUT2D eigenvalue weighted by Gasteiger charge is 2.24. The summed E-state index contributed by atoms with van der Waals surface area (Å²) < 4.78 is 24.5. The number of nitrogens with zero attached hydrogens (tertiary/aromatic N) is 3. The first-order valence-corrected chi connectivity index (χ1v) is 8.30. The molecule has 0 bridgehead atoms. The SMILES string of the molecule is CCn1cc(Nc2sc(S(C)(=O)=O)cc2[N+](=O)[O-])cn1. The second-order valence-corrected chi connectivity index (χ2v) is 7.31. The van der Waals surface area contributed by atoms with Gasteiger partial charge in [-0.1, -0.05) is 11.3 Å². The average molecular weight is 316 g/mol. The fraction of sp³-hybridized carbons (Fsp3) is 0.300. The van der Waals surface area contributed by atoms with Gasteiger partial charge in [0.2, 0.25) is 0 Å². The van der Waals surface area contributed by atoms with Crippen LogP contribution in [0.25, 0.3) is 0 Å². The molecular weight excluding hydrogens is 304 g/mol. The quantitative estimate of drug-likeness (QED) is 0.668. The zero-order chi connectivity index (χ0) is 14.9. The summed E-state index contributed by atoms with van der Waals surface area (Å²) in [6.07, 6.45) is 4.22. The van der Waals surface area contributed by atoms with Crippen molar-refractivity contribution in [1.82, 2.24) is 9.78 Å². The Kier molecular flexibility index (Phi) is 3.77. The first-order chi connectivity index (χ1) is 9.31. The van der Waals surface area contributed by atoms with E-state index in [4.69, 9.17) is 0 Å². The summed E-state index contributed by atoms with van der Waals surface area (Å²) in [4.78, 5) is 10.4. The number of nitrogens with one attached hydrogen (secondary N) is 1. The number of anilines is 2. The fourth-order valence-corrected chi connectivity index (χ4v) is 3.46. The molecule has 0 amide bonds. The van der Waals surface area contributed by atoms with Crippen molar-refractivity contribution in [3.63, 3.8) is 0 Å². The van der Waals surface area contributed by atoms with Gasteiger partial charge in [-0.25, -0.2) is 8.42 Å². The summed E-state index contributed by atoms with van der Waals surface area (Å²) in [7, 11) is -3.48. The lowest BCUT2D eigenvalue weighted by Gasteiger charge is -1.98. The average Bonchev–Trinajstić information content (AvgIpc) is 2.95. The largest absolute Gasteiger partial charge is 0.339 e. The number of aryl methyl sites for hydroxylation is 1. The third-order valence-corrected chi connectivity index (χ3v) is 5.31. The van der Waals surface area contributed by atoms with Gasteiger partial charge in [-0.2, -0.15) is 5.10 Å². The Balaban J connectivity index is 2.39. The molecule has 0 unspecified atom stereocenters. The maximum Gasteiger partial charge on any atom is 0.305 e. The molecule has 2 aromatic rings. The predicted octanol–water partition coefficient (Wildman–Crippen LogP) is 2.02. The van der Waals surface area contributed by atoms with Gasteiger partial charge in [0.25, 0.3) is 0 Å². The van der Waals surface area contributed by atoms with E-state index in [2.05, 4.69) is 10.4 Å². The van der Waals surface area contributed by atoms with Crippen molar-refractivity contribution in [3.05, 3.63) is 28.6 Å². The molecule has 0 aromatic carbocycles. The summed E-state index contributed by atoms with van der Waals surface area (Å²) in [5, 5.41) is 18.0. The van der Waals surface area contributed by atoms with Gasteiger partial charge in [-0.15, -0.1) is 0 Å². The highest BCUT2D eigenvalue weighted by molar-refractivity contribution is 7.92. The molecule has 2 aromatic heterocycles. The van der Waals surface area contributed by atoms with Crippen LogP contribution in [0.5, 0.6) is 0 Å². The van der Waals surface area contributed by atoms with E-state index in [9.17, 15) is 18.5 Å². The Bertz CT molecular complexity index is 747. The molecule has 0 aliphatic rings. The molecule has 0 fully saturated rings. The molecule has 0 radical (unpaired) electrons. The minimum atomic E-state index is -3.48. The van der Waals surface area contributed by atoms with Crippen molar-refractivity contribution in [2.45, 2.75) is 17.7 Å². The molecule has 0 aliphatic carbocycles. The number of rotatable bonds is 5. The Morgan fingerprint density at radius 1 is 1.55 bits per heavy atom. The van der Waals surface area contributed by atoms with Crippen LogP contribution in [0.2, 0.25) is 0 Å².